The minimum Gasteiger partial charge on any atom is -0.461 e. The summed E-state index contributed by atoms with van der Waals surface area (Å²) in [6.45, 7) is 3.99. The number of carbonyl (C=O) groups is 1. The van der Waals surface area contributed by atoms with Crippen LogP contribution >= 0.6 is 0 Å². The number of furan rings is 1. The van der Waals surface area contributed by atoms with E-state index in [0.717, 1.165) is 41.1 Å². The Morgan fingerprint density at radius 1 is 1.38 bits per heavy atom. The smallest absolute Gasteiger partial charge is 0.319 e. The highest BCUT2D eigenvalue weighted by Gasteiger charge is 2.17. The Morgan fingerprint density at radius 2 is 2.21 bits per heavy atom. The minimum absolute atomic E-state index is 0.116. The number of imidazole rings is 1. The van der Waals surface area contributed by atoms with Gasteiger partial charge in [0.1, 0.15) is 17.2 Å². The van der Waals surface area contributed by atoms with Crippen molar-refractivity contribution >= 4 is 22.7 Å². The Balaban J connectivity index is 1.71. The largest absolute Gasteiger partial charge is 0.461 e. The number of hydrogen-bond donors (Lipinski definition) is 2. The van der Waals surface area contributed by atoms with Gasteiger partial charge in [-0.1, -0.05) is 13.3 Å². The predicted molar refractivity (Wildman–Crippen MR) is 94.0 cm³/mol. The number of carbonyl (C=O) groups excluding carboxylic acids is 1. The summed E-state index contributed by atoms with van der Waals surface area (Å²) in [6.07, 6.45) is 5.41. The molecule has 2 amide bonds. The van der Waals surface area contributed by atoms with Gasteiger partial charge in [-0.3, -0.25) is 0 Å². The van der Waals surface area contributed by atoms with Crippen molar-refractivity contribution in [3.05, 3.63) is 48.2 Å². The molecule has 24 heavy (non-hydrogen) atoms. The molecule has 126 valence electrons. The van der Waals surface area contributed by atoms with Crippen LogP contribution < -0.4 is 10.6 Å². The van der Waals surface area contributed by atoms with Gasteiger partial charge in [-0.15, -0.1) is 0 Å². The van der Waals surface area contributed by atoms with E-state index in [1.54, 1.807) is 6.20 Å². The highest BCUT2D eigenvalue weighted by Crippen LogP contribution is 2.23. The molecule has 0 saturated carbocycles. The summed E-state index contributed by atoms with van der Waals surface area (Å²) in [6, 6.07) is 7.19. The van der Waals surface area contributed by atoms with Crippen LogP contribution in [0.25, 0.3) is 11.0 Å². The van der Waals surface area contributed by atoms with Gasteiger partial charge in [0.2, 0.25) is 0 Å². The lowest BCUT2D eigenvalue weighted by molar-refractivity contribution is 0.247. The zero-order valence-electron chi connectivity index (χ0n) is 14.2. The van der Waals surface area contributed by atoms with Gasteiger partial charge in [-0.25, -0.2) is 9.78 Å². The lowest BCUT2D eigenvalue weighted by atomic mass is 10.1. The average Bonchev–Trinajstić information content (AvgIpc) is 3.11. The molecule has 3 aromatic rings. The van der Waals surface area contributed by atoms with Crippen LogP contribution in [0.2, 0.25) is 0 Å². The number of fused-ring (bicyclic) bond motifs is 1. The fourth-order valence-electron chi connectivity index (χ4n) is 2.85. The number of aromatic nitrogens is 2. The third kappa shape index (κ3) is 3.42. The summed E-state index contributed by atoms with van der Waals surface area (Å²) in [4.78, 5) is 16.7. The zero-order valence-corrected chi connectivity index (χ0v) is 14.2. The SMILES string of the molecule is CCCC(NC(=O)Nc1ccc2oc(C)cc2c1)c1nccn1C. The molecule has 0 fully saturated rings. The molecule has 0 aliphatic carbocycles. The highest BCUT2D eigenvalue weighted by atomic mass is 16.3. The van der Waals surface area contributed by atoms with Gasteiger partial charge in [0.05, 0.1) is 6.04 Å². The number of nitrogens with one attached hydrogen (secondary N) is 2. The number of hydrogen-bond acceptors (Lipinski definition) is 3. The van der Waals surface area contributed by atoms with Gasteiger partial charge < -0.3 is 19.6 Å². The molecule has 1 unspecified atom stereocenters. The summed E-state index contributed by atoms with van der Waals surface area (Å²) < 4.78 is 7.48. The standard InChI is InChI=1S/C18H22N4O2/c1-4-5-15(17-19-8-9-22(17)3)21-18(23)20-14-6-7-16-13(11-14)10-12(2)24-16/h6-11,15H,4-5H2,1-3H3,(H2,20,21,23). The Bertz CT molecular complexity index is 850. The Kier molecular flexibility index (Phi) is 4.55. The number of amides is 2. The number of benzene rings is 1. The van der Waals surface area contributed by atoms with Crippen molar-refractivity contribution in [1.29, 1.82) is 0 Å². The molecular weight excluding hydrogens is 304 g/mol. The predicted octanol–water partition coefficient (Wildman–Crippen LogP) is 4.14. The van der Waals surface area contributed by atoms with E-state index in [-0.39, 0.29) is 12.1 Å². The van der Waals surface area contributed by atoms with Crippen LogP contribution in [0.1, 0.15) is 37.4 Å². The second-order valence-corrected chi connectivity index (χ2v) is 5.95. The molecule has 6 nitrogen and oxygen atoms in total. The van der Waals surface area contributed by atoms with E-state index in [1.807, 2.05) is 49.0 Å². The van der Waals surface area contributed by atoms with Gasteiger partial charge in [0, 0.05) is 30.5 Å². The van der Waals surface area contributed by atoms with Crippen molar-refractivity contribution in [2.75, 3.05) is 5.32 Å². The van der Waals surface area contributed by atoms with Crippen molar-refractivity contribution in [1.82, 2.24) is 14.9 Å². The molecule has 0 spiro atoms. The molecule has 0 bridgehead atoms. The van der Waals surface area contributed by atoms with E-state index >= 15 is 0 Å². The normalized spacial score (nSPS) is 12.3. The molecule has 6 heteroatoms. The van der Waals surface area contributed by atoms with Gasteiger partial charge in [-0.05, 0) is 37.6 Å². The molecular formula is C18H22N4O2. The van der Waals surface area contributed by atoms with Gasteiger partial charge in [0.15, 0.2) is 0 Å². The van der Waals surface area contributed by atoms with E-state index in [4.69, 9.17) is 4.42 Å². The van der Waals surface area contributed by atoms with Gasteiger partial charge in [0.25, 0.3) is 0 Å². The van der Waals surface area contributed by atoms with Crippen molar-refractivity contribution in [3.8, 4) is 0 Å². The molecule has 0 radical (unpaired) electrons. The lowest BCUT2D eigenvalue weighted by Crippen LogP contribution is -2.33. The fourth-order valence-corrected chi connectivity index (χ4v) is 2.85. The van der Waals surface area contributed by atoms with Crippen LogP contribution in [0.5, 0.6) is 0 Å². The van der Waals surface area contributed by atoms with Crippen LogP contribution in [0.15, 0.2) is 41.1 Å². The zero-order chi connectivity index (χ0) is 17.1. The molecule has 2 aromatic heterocycles. The molecule has 2 heterocycles. The Labute approximate surface area is 140 Å². The number of nitrogens with zero attached hydrogens (tertiary/aromatic N) is 2. The second kappa shape index (κ2) is 6.78. The van der Waals surface area contributed by atoms with Crippen molar-refractivity contribution in [2.45, 2.75) is 32.7 Å². The second-order valence-electron chi connectivity index (χ2n) is 5.95. The third-order valence-corrected chi connectivity index (χ3v) is 3.95. The first kappa shape index (κ1) is 16.1. The first-order valence-electron chi connectivity index (χ1n) is 8.11. The molecule has 1 atom stereocenters. The van der Waals surface area contributed by atoms with Crippen LogP contribution in [0.3, 0.4) is 0 Å². The lowest BCUT2D eigenvalue weighted by Gasteiger charge is -2.18. The molecule has 0 saturated heterocycles. The van der Waals surface area contributed by atoms with E-state index < -0.39 is 0 Å². The first-order valence-corrected chi connectivity index (χ1v) is 8.11. The third-order valence-electron chi connectivity index (χ3n) is 3.95. The number of aryl methyl sites for hydroxylation is 2. The first-order chi connectivity index (χ1) is 11.6. The maximum atomic E-state index is 12.4. The van der Waals surface area contributed by atoms with E-state index in [1.165, 1.54) is 0 Å². The van der Waals surface area contributed by atoms with E-state index in [9.17, 15) is 4.79 Å². The van der Waals surface area contributed by atoms with E-state index in [2.05, 4.69) is 22.5 Å². The van der Waals surface area contributed by atoms with Crippen LogP contribution in [-0.2, 0) is 7.05 Å². The van der Waals surface area contributed by atoms with Crippen LogP contribution in [0.4, 0.5) is 10.5 Å². The molecule has 3 rings (SSSR count). The van der Waals surface area contributed by atoms with Crippen molar-refractivity contribution < 1.29 is 9.21 Å². The number of rotatable bonds is 5. The highest BCUT2D eigenvalue weighted by molar-refractivity contribution is 5.92. The van der Waals surface area contributed by atoms with Crippen molar-refractivity contribution in [3.63, 3.8) is 0 Å². The van der Waals surface area contributed by atoms with E-state index in [0.29, 0.717) is 0 Å². The summed E-state index contributed by atoms with van der Waals surface area (Å²) >= 11 is 0. The summed E-state index contributed by atoms with van der Waals surface area (Å²) in [7, 11) is 1.93. The number of anilines is 1. The van der Waals surface area contributed by atoms with Crippen LogP contribution in [0, 0.1) is 6.92 Å². The average molecular weight is 326 g/mol. The Hall–Kier alpha value is -2.76. The molecule has 1 aromatic carbocycles. The molecule has 0 aliphatic heterocycles. The monoisotopic (exact) mass is 326 g/mol. The summed E-state index contributed by atoms with van der Waals surface area (Å²) in [5.74, 6) is 1.71. The quantitative estimate of drug-likeness (QED) is 0.740. The molecule has 2 N–H and O–H groups in total. The maximum Gasteiger partial charge on any atom is 0.319 e. The number of urea groups is 1. The topological polar surface area (TPSA) is 72.1 Å². The van der Waals surface area contributed by atoms with Crippen molar-refractivity contribution in [2.24, 2.45) is 7.05 Å². The maximum absolute atomic E-state index is 12.4. The summed E-state index contributed by atoms with van der Waals surface area (Å²) in [5, 5.41) is 6.86. The summed E-state index contributed by atoms with van der Waals surface area (Å²) in [5.41, 5.74) is 1.55. The Morgan fingerprint density at radius 3 is 2.92 bits per heavy atom. The van der Waals surface area contributed by atoms with Gasteiger partial charge >= 0.3 is 6.03 Å². The minimum atomic E-state index is -0.240. The fraction of sp³-hybridized carbons (Fsp3) is 0.333. The van der Waals surface area contributed by atoms with Crippen LogP contribution in [-0.4, -0.2) is 15.6 Å². The molecule has 0 aliphatic rings. The van der Waals surface area contributed by atoms with Gasteiger partial charge in [-0.2, -0.15) is 0 Å².